The van der Waals surface area contributed by atoms with Gasteiger partial charge in [0.15, 0.2) is 14.6 Å². The molecule has 2 N–H and O–H groups in total. The molecule has 0 saturated carbocycles. The molecule has 0 unspecified atom stereocenters. The molecule has 9 nitrogen and oxygen atoms in total. The molecule has 2 radical (unpaired) electrons. The number of rotatable bonds is 7. The Balaban J connectivity index is 1.08. The first-order chi connectivity index (χ1) is 38.3. The van der Waals surface area contributed by atoms with E-state index in [1.807, 2.05) is 67.3 Å². The highest BCUT2D eigenvalue weighted by Gasteiger charge is 2.34. The number of allylic oxidation sites excluding steroid dienone is 8. The summed E-state index contributed by atoms with van der Waals surface area (Å²) in [6.45, 7) is 10.8. The van der Waals surface area contributed by atoms with E-state index >= 15 is 0 Å². The zero-order valence-corrected chi connectivity index (χ0v) is 41.7. The van der Waals surface area contributed by atoms with Crippen molar-refractivity contribution >= 4 is 81.1 Å². The summed E-state index contributed by atoms with van der Waals surface area (Å²) < 4.78 is 71.3. The van der Waals surface area contributed by atoms with Gasteiger partial charge in [0.05, 0.1) is 56.0 Å². The van der Waals surface area contributed by atoms with Crippen molar-refractivity contribution in [3.05, 3.63) is 223 Å². The molecule has 8 aromatic rings. The van der Waals surface area contributed by atoms with Crippen molar-refractivity contribution in [3.8, 4) is 17.6 Å². The Morgan fingerprint density at radius 2 is 1.29 bits per heavy atom. The number of fused-ring (bicyclic) bond motifs is 5. The third-order valence-electron chi connectivity index (χ3n) is 13.1. The fourth-order valence-corrected chi connectivity index (χ4v) is 9.43. The van der Waals surface area contributed by atoms with E-state index in [1.54, 1.807) is 42.5 Å². The van der Waals surface area contributed by atoms with Gasteiger partial charge in [-0.25, -0.2) is 9.97 Å². The van der Waals surface area contributed by atoms with Gasteiger partial charge in [0, 0.05) is 64.2 Å². The van der Waals surface area contributed by atoms with Crippen LogP contribution < -0.4 is 25.2 Å². The van der Waals surface area contributed by atoms with Gasteiger partial charge in [-0.1, -0.05) is 119 Å². The average molecular weight is 960 g/mol. The molecular formula is C62H58B2N8O. The molecule has 0 aliphatic carbocycles. The first-order valence-electron chi connectivity index (χ1n) is 27.9. The van der Waals surface area contributed by atoms with Crippen LogP contribution in [0.25, 0.3) is 49.7 Å². The highest BCUT2D eigenvalue weighted by Crippen LogP contribution is 2.50. The van der Waals surface area contributed by atoms with Crippen LogP contribution in [0.15, 0.2) is 201 Å². The fourth-order valence-electron chi connectivity index (χ4n) is 9.43. The number of pyridine rings is 1. The summed E-state index contributed by atoms with van der Waals surface area (Å²) in [5.41, 5.74) is 10.4. The maximum absolute atomic E-state index is 9.21. The molecule has 0 amide bonds. The van der Waals surface area contributed by atoms with Crippen LogP contribution in [0.1, 0.15) is 73.5 Å². The van der Waals surface area contributed by atoms with Crippen LogP contribution in [0.4, 0.5) is 22.7 Å². The first-order valence-corrected chi connectivity index (χ1v) is 24.4. The molecule has 6 heterocycles. The summed E-state index contributed by atoms with van der Waals surface area (Å²) in [5, 5.41) is 7.16. The Hall–Kier alpha value is -8.43. The third-order valence-corrected chi connectivity index (χ3v) is 13.1. The van der Waals surface area contributed by atoms with Gasteiger partial charge >= 0.3 is 0 Å². The Morgan fingerprint density at radius 3 is 1.97 bits per heavy atom. The monoisotopic (exact) mass is 960 g/mol. The summed E-state index contributed by atoms with van der Waals surface area (Å²) in [7, 11) is 4.32. The van der Waals surface area contributed by atoms with Crippen molar-refractivity contribution in [3.63, 3.8) is 0 Å². The Labute approximate surface area is 439 Å². The maximum atomic E-state index is 9.21. The third kappa shape index (κ3) is 9.23. The molecule has 0 spiro atoms. The van der Waals surface area contributed by atoms with E-state index in [0.717, 1.165) is 55.1 Å². The predicted molar refractivity (Wildman–Crippen MR) is 307 cm³/mol. The zero-order valence-electron chi connectivity index (χ0n) is 48.7. The van der Waals surface area contributed by atoms with Crippen molar-refractivity contribution in [2.24, 2.45) is 6.98 Å². The quantitative estimate of drug-likeness (QED) is 0.154. The zero-order chi connectivity index (χ0) is 56.3. The minimum Gasteiger partial charge on any atom is -0.439 e. The number of ether oxygens (including phenoxy) is 1. The van der Waals surface area contributed by atoms with Gasteiger partial charge < -0.3 is 29.7 Å². The minimum absolute atomic E-state index is 0.0336. The molecular weight excluding hydrogens is 894 g/mol. The highest BCUT2D eigenvalue weighted by molar-refractivity contribution is 6.67. The van der Waals surface area contributed by atoms with Gasteiger partial charge in [-0.3, -0.25) is 4.57 Å². The Kier molecular flexibility index (Phi) is 10.4. The van der Waals surface area contributed by atoms with Gasteiger partial charge in [0.1, 0.15) is 12.4 Å². The molecule has 11 rings (SSSR count). The van der Waals surface area contributed by atoms with E-state index in [9.17, 15) is 1.37 Å². The van der Waals surface area contributed by atoms with Gasteiger partial charge in [-0.05, 0) is 107 Å². The van der Waals surface area contributed by atoms with Crippen molar-refractivity contribution in [1.82, 2.24) is 29.7 Å². The highest BCUT2D eigenvalue weighted by atomic mass is 16.5. The lowest BCUT2D eigenvalue weighted by Gasteiger charge is -2.31. The number of anilines is 4. The van der Waals surface area contributed by atoms with Gasteiger partial charge in [-0.15, -0.1) is 12.0 Å². The van der Waals surface area contributed by atoms with E-state index in [2.05, 4.69) is 143 Å². The number of aryl methyl sites for hydroxylation is 1. The second kappa shape index (κ2) is 19.3. The minimum atomic E-state index is -2.72. The maximum Gasteiger partial charge on any atom is 0.221 e. The van der Waals surface area contributed by atoms with Crippen LogP contribution in [0.5, 0.6) is 11.6 Å². The van der Waals surface area contributed by atoms with Crippen molar-refractivity contribution in [2.45, 2.75) is 52.4 Å². The van der Waals surface area contributed by atoms with Crippen LogP contribution in [0.3, 0.4) is 0 Å². The number of imidazole rings is 1. The summed E-state index contributed by atoms with van der Waals surface area (Å²) in [4.78, 5) is 14.6. The van der Waals surface area contributed by atoms with Gasteiger partial charge in [0.2, 0.25) is 11.8 Å². The smallest absolute Gasteiger partial charge is 0.221 e. The van der Waals surface area contributed by atoms with Crippen molar-refractivity contribution < 1.29 is 14.3 Å². The van der Waals surface area contributed by atoms with E-state index in [-0.39, 0.29) is 34.4 Å². The summed E-state index contributed by atoms with van der Waals surface area (Å²) in [6.07, 6.45) is 24.0. The number of benzene rings is 5. The summed E-state index contributed by atoms with van der Waals surface area (Å²) in [5.74, 6) is 4.73. The molecule has 3 aliphatic heterocycles. The molecule has 73 heavy (non-hydrogen) atoms. The molecule has 5 aromatic carbocycles. The predicted octanol–water partition coefficient (Wildman–Crippen LogP) is 14.1. The van der Waals surface area contributed by atoms with Crippen molar-refractivity contribution in [2.75, 3.05) is 16.5 Å². The van der Waals surface area contributed by atoms with Crippen LogP contribution in [-0.2, 0) is 17.8 Å². The molecule has 0 saturated heterocycles. The van der Waals surface area contributed by atoms with Crippen LogP contribution in [-0.4, -0.2) is 40.3 Å². The SMILES string of the molecule is [2H]c1c([2H])c([2H])c2c(c1[2H])c1ccc(Oc3cc(N4CN(c5c(/C6=C/C=C\N/C=C\C=C/[B]6)cc(C(C)(C)C)cc5/C5=C/C=C\N/C=C\C=C/[B]5)c5ccccc54)cc(C(C)(C)C)n3)cc1n2-c1nc2ccccc2n1C([2H])([2H])[2H]. The van der Waals surface area contributed by atoms with Gasteiger partial charge in [-0.2, -0.15) is 0 Å². The molecule has 11 heteroatoms. The molecule has 3 aromatic heterocycles. The van der Waals surface area contributed by atoms with Gasteiger partial charge in [0.25, 0.3) is 0 Å². The number of nitrogens with zero attached hydrogens (tertiary/aromatic N) is 6. The molecule has 0 fully saturated rings. The van der Waals surface area contributed by atoms with E-state index in [4.69, 9.17) is 22.9 Å². The van der Waals surface area contributed by atoms with Crippen LogP contribution in [0.2, 0.25) is 0 Å². The van der Waals surface area contributed by atoms with E-state index < -0.39 is 24.5 Å². The molecule has 358 valence electrons. The lowest BCUT2D eigenvalue weighted by Crippen LogP contribution is -2.27. The molecule has 0 bridgehead atoms. The normalized spacial score (nSPS) is 20.5. The van der Waals surface area contributed by atoms with Crippen LogP contribution >= 0.6 is 0 Å². The van der Waals surface area contributed by atoms with E-state index in [0.29, 0.717) is 40.2 Å². The largest absolute Gasteiger partial charge is 0.439 e. The number of aromatic nitrogens is 4. The summed E-state index contributed by atoms with van der Waals surface area (Å²) >= 11 is 0. The van der Waals surface area contributed by atoms with Crippen molar-refractivity contribution in [1.29, 1.82) is 0 Å². The lowest BCUT2D eigenvalue weighted by atomic mass is 9.62. The number of nitrogens with one attached hydrogen (secondary N) is 2. The first kappa shape index (κ1) is 39.2. The fraction of sp³-hybridized carbons (Fsp3) is 0.161. The second-order valence-electron chi connectivity index (χ2n) is 20.1. The number of hydrogen-bond acceptors (Lipinski definition) is 7. The molecule has 0 atom stereocenters. The Morgan fingerprint density at radius 1 is 0.630 bits per heavy atom. The molecule has 3 aliphatic rings. The second-order valence-corrected chi connectivity index (χ2v) is 20.1. The number of hydrogen-bond donors (Lipinski definition) is 2. The standard InChI is InChI=1S/C62H58B2N8O/c1-61(2,3)42-36-47(49-21-18-34-65-32-16-14-30-63-49)59(48(37-42)50-22-19-35-66-33-17-15-31-64-50)71-41-70(54-26-12-13-27-55(54)71)43-38-57(62(4,5)6)68-58(39-43)73-44-28-29-46-45-20-8-10-24-52(45)72(56(46)40-44)60-67-51-23-9-11-25-53(51)69(60)7/h8-40,65-66H,41H2,1-7H3/b30-14-,31-15-,32-16-,33-17-,34-18-,35-19-,49-21-,50-22-/i7D3,8D,10D,20D,24D. The topological polar surface area (TPSA) is 75.4 Å². The van der Waals surface area contributed by atoms with Crippen LogP contribution in [0, 0.1) is 0 Å². The number of para-hydroxylation sites is 5. The lowest BCUT2D eigenvalue weighted by molar-refractivity contribution is 0.452. The van der Waals surface area contributed by atoms with E-state index in [1.165, 1.54) is 10.1 Å². The average Bonchev–Trinajstić information content (AvgIpc) is 4.29. The summed E-state index contributed by atoms with van der Waals surface area (Å²) in [6, 6.07) is 27.8. The Bertz CT molecular complexity index is 3980.